The number of ether oxygens (including phenoxy) is 6. The Labute approximate surface area is 201 Å². The molecule has 12 nitrogen and oxygen atoms in total. The van der Waals surface area contributed by atoms with Crippen molar-refractivity contribution in [3.8, 4) is 0 Å². The highest BCUT2D eigenvalue weighted by atomic mass is 16.7. The third-order valence-corrected chi connectivity index (χ3v) is 4.88. The van der Waals surface area contributed by atoms with Gasteiger partial charge in [0.05, 0.1) is 6.61 Å². The Balaban J connectivity index is 2.39. The molecule has 1 aliphatic heterocycles. The lowest BCUT2D eigenvalue weighted by Crippen LogP contribution is -2.63. The number of benzene rings is 1. The molecule has 1 fully saturated rings. The summed E-state index contributed by atoms with van der Waals surface area (Å²) in [5, 5.41) is 9.69. The second kappa shape index (κ2) is 12.8. The predicted octanol–water partition coefficient (Wildman–Crippen LogP) is 0.954. The lowest BCUT2D eigenvalue weighted by Gasteiger charge is -2.44. The average molecular weight is 496 g/mol. The van der Waals surface area contributed by atoms with Gasteiger partial charge in [-0.1, -0.05) is 30.3 Å². The van der Waals surface area contributed by atoms with Gasteiger partial charge >= 0.3 is 29.8 Å². The van der Waals surface area contributed by atoms with Crippen molar-refractivity contribution in [1.29, 1.82) is 0 Å². The summed E-state index contributed by atoms with van der Waals surface area (Å²) in [5.74, 6) is -5.29. The molecule has 1 N–H and O–H groups in total. The maximum Gasteiger partial charge on any atom is 0.313 e. The minimum atomic E-state index is -1.46. The molecule has 0 aliphatic carbocycles. The fraction of sp³-hybridized carbons (Fsp3) is 0.522. The van der Waals surface area contributed by atoms with Gasteiger partial charge in [0.25, 0.3) is 0 Å². The molecular weight excluding hydrogens is 468 g/mol. The monoisotopic (exact) mass is 496 g/mol. The van der Waals surface area contributed by atoms with Crippen LogP contribution < -0.4 is 0 Å². The summed E-state index contributed by atoms with van der Waals surface area (Å²) in [6.45, 7) is 3.62. The molecule has 1 aliphatic rings. The quantitative estimate of drug-likeness (QED) is 0.361. The molecule has 6 atom stereocenters. The van der Waals surface area contributed by atoms with Gasteiger partial charge in [-0.05, 0) is 5.56 Å². The third kappa shape index (κ3) is 8.34. The number of carboxylic acid groups (broad SMARTS) is 1. The van der Waals surface area contributed by atoms with E-state index in [0.717, 1.165) is 27.7 Å². The van der Waals surface area contributed by atoms with E-state index in [2.05, 4.69) is 0 Å². The summed E-state index contributed by atoms with van der Waals surface area (Å²) < 4.78 is 32.4. The van der Waals surface area contributed by atoms with Gasteiger partial charge in [-0.3, -0.25) is 24.0 Å². The van der Waals surface area contributed by atoms with Crippen molar-refractivity contribution in [2.24, 2.45) is 0 Å². The van der Waals surface area contributed by atoms with E-state index in [-0.39, 0.29) is 0 Å². The van der Waals surface area contributed by atoms with Gasteiger partial charge < -0.3 is 33.5 Å². The van der Waals surface area contributed by atoms with Crippen LogP contribution in [0.4, 0.5) is 0 Å². The van der Waals surface area contributed by atoms with Crippen LogP contribution in [-0.2, 0) is 52.4 Å². The molecule has 0 radical (unpaired) electrons. The molecular formula is C23H28O12. The van der Waals surface area contributed by atoms with E-state index >= 15 is 0 Å². The summed E-state index contributed by atoms with van der Waals surface area (Å²) in [7, 11) is 0. The first-order valence-electron chi connectivity index (χ1n) is 10.7. The maximum atomic E-state index is 11.9. The number of carboxylic acids is 1. The van der Waals surface area contributed by atoms with Crippen molar-refractivity contribution in [2.45, 2.75) is 64.3 Å². The second-order valence-corrected chi connectivity index (χ2v) is 7.70. The zero-order chi connectivity index (χ0) is 26.1. The van der Waals surface area contributed by atoms with Crippen LogP contribution in [0.5, 0.6) is 0 Å². The molecule has 2 rings (SSSR count). The van der Waals surface area contributed by atoms with Gasteiger partial charge in [0.1, 0.15) is 18.6 Å². The van der Waals surface area contributed by atoms with Gasteiger partial charge in [0, 0.05) is 27.7 Å². The molecule has 0 saturated carbocycles. The highest BCUT2D eigenvalue weighted by Gasteiger charge is 2.53. The summed E-state index contributed by atoms with van der Waals surface area (Å²) in [5.41, 5.74) is 0.450. The summed E-state index contributed by atoms with van der Waals surface area (Å²) >= 11 is 0. The molecule has 1 saturated heterocycles. The topological polar surface area (TPSA) is 161 Å². The third-order valence-electron chi connectivity index (χ3n) is 4.88. The maximum absolute atomic E-state index is 11.9. The Bertz CT molecular complexity index is 914. The van der Waals surface area contributed by atoms with E-state index in [1.165, 1.54) is 0 Å². The number of aliphatic carboxylic acids is 1. The number of carbonyl (C=O) groups excluding carboxylic acids is 4. The minimum Gasteiger partial charge on any atom is -0.481 e. The highest BCUT2D eigenvalue weighted by molar-refractivity contribution is 5.76. The van der Waals surface area contributed by atoms with Crippen molar-refractivity contribution in [3.63, 3.8) is 0 Å². The molecule has 0 amide bonds. The van der Waals surface area contributed by atoms with Crippen LogP contribution in [0.25, 0.3) is 0 Å². The van der Waals surface area contributed by atoms with Crippen molar-refractivity contribution in [2.75, 3.05) is 13.2 Å². The Morgan fingerprint density at radius 3 is 1.89 bits per heavy atom. The molecule has 1 heterocycles. The van der Waals surface area contributed by atoms with Crippen LogP contribution >= 0.6 is 0 Å². The lowest BCUT2D eigenvalue weighted by molar-refractivity contribution is -0.308. The molecule has 0 spiro atoms. The van der Waals surface area contributed by atoms with E-state index in [1.54, 1.807) is 30.3 Å². The van der Waals surface area contributed by atoms with Crippen LogP contribution in [-0.4, -0.2) is 78.9 Å². The summed E-state index contributed by atoms with van der Waals surface area (Å²) in [6, 6.07) is 8.27. The normalized spacial score (nSPS) is 24.5. The van der Waals surface area contributed by atoms with Gasteiger partial charge in [-0.25, -0.2) is 0 Å². The van der Waals surface area contributed by atoms with Gasteiger partial charge in [-0.15, -0.1) is 0 Å². The van der Waals surface area contributed by atoms with Crippen molar-refractivity contribution in [1.82, 2.24) is 0 Å². The van der Waals surface area contributed by atoms with Gasteiger partial charge in [0.2, 0.25) is 0 Å². The first-order valence-corrected chi connectivity index (χ1v) is 10.7. The Morgan fingerprint density at radius 1 is 0.829 bits per heavy atom. The fourth-order valence-electron chi connectivity index (χ4n) is 3.51. The molecule has 0 aromatic heterocycles. The molecule has 1 unspecified atom stereocenters. The second-order valence-electron chi connectivity index (χ2n) is 7.70. The van der Waals surface area contributed by atoms with Crippen molar-refractivity contribution >= 4 is 29.8 Å². The Hall–Kier alpha value is -3.51. The van der Waals surface area contributed by atoms with E-state index in [4.69, 9.17) is 28.4 Å². The van der Waals surface area contributed by atoms with Crippen LogP contribution in [0.2, 0.25) is 0 Å². The SMILES string of the molecule is CC(=O)OC[C@H]1O[C@H](OCC(C(=O)O)c2ccccc2)[C@@H](OC(C)=O)[C@@H](OC(C)=O)[C@@H]1OC(C)=O. The molecule has 12 heteroatoms. The highest BCUT2D eigenvalue weighted by Crippen LogP contribution is 2.31. The van der Waals surface area contributed by atoms with E-state index < -0.39 is 79.7 Å². The lowest BCUT2D eigenvalue weighted by atomic mass is 9.97. The van der Waals surface area contributed by atoms with Gasteiger partial charge in [0.15, 0.2) is 24.6 Å². The summed E-state index contributed by atoms with van der Waals surface area (Å²) in [6.07, 6.45) is -6.81. The Kier molecular flexibility index (Phi) is 10.2. The molecule has 192 valence electrons. The smallest absolute Gasteiger partial charge is 0.313 e. The molecule has 1 aromatic rings. The zero-order valence-electron chi connectivity index (χ0n) is 19.7. The number of esters is 4. The van der Waals surface area contributed by atoms with Crippen LogP contribution in [0.3, 0.4) is 0 Å². The summed E-state index contributed by atoms with van der Waals surface area (Å²) in [4.78, 5) is 58.7. The average Bonchev–Trinajstić information content (AvgIpc) is 2.75. The van der Waals surface area contributed by atoms with E-state index in [1.807, 2.05) is 0 Å². The molecule has 1 aromatic carbocycles. The molecule has 0 bridgehead atoms. The Morgan fingerprint density at radius 2 is 1.37 bits per heavy atom. The van der Waals surface area contributed by atoms with Gasteiger partial charge in [-0.2, -0.15) is 0 Å². The number of hydrogen-bond donors (Lipinski definition) is 1. The fourth-order valence-corrected chi connectivity index (χ4v) is 3.51. The minimum absolute atomic E-state index is 0.410. The van der Waals surface area contributed by atoms with Crippen LogP contribution in [0.15, 0.2) is 30.3 Å². The largest absolute Gasteiger partial charge is 0.481 e. The first-order chi connectivity index (χ1) is 16.5. The predicted molar refractivity (Wildman–Crippen MR) is 115 cm³/mol. The van der Waals surface area contributed by atoms with Crippen LogP contribution in [0, 0.1) is 0 Å². The van der Waals surface area contributed by atoms with Crippen LogP contribution in [0.1, 0.15) is 39.2 Å². The van der Waals surface area contributed by atoms with E-state index in [0.29, 0.717) is 5.56 Å². The number of carbonyl (C=O) groups is 5. The van der Waals surface area contributed by atoms with Crippen molar-refractivity contribution in [3.05, 3.63) is 35.9 Å². The first kappa shape index (κ1) is 27.7. The zero-order valence-corrected chi connectivity index (χ0v) is 19.7. The standard InChI is InChI=1S/C23H28O12/c1-12(24)30-11-18-19(32-13(2)25)20(33-14(3)26)21(34-15(4)27)23(35-18)31-10-17(22(28)29)16-8-6-5-7-9-16/h5-9,17-21,23H,10-11H2,1-4H3,(H,28,29)/t17?,18-,19-,20+,21+,23+/m1/s1. The van der Waals surface area contributed by atoms with Crippen molar-refractivity contribution < 1.29 is 57.5 Å². The molecule has 35 heavy (non-hydrogen) atoms. The van der Waals surface area contributed by atoms with E-state index in [9.17, 15) is 29.1 Å². The number of hydrogen-bond acceptors (Lipinski definition) is 11. The number of rotatable bonds is 10.